The number of anilines is 1. The van der Waals surface area contributed by atoms with Gasteiger partial charge in [-0.15, -0.1) is 0 Å². The Balaban J connectivity index is 2.19. The molecule has 4 heteroatoms. The topological polar surface area (TPSA) is 44.8 Å². The van der Waals surface area contributed by atoms with E-state index in [0.717, 1.165) is 29.8 Å². The third kappa shape index (κ3) is 2.75. The molecule has 0 saturated heterocycles. The van der Waals surface area contributed by atoms with Crippen molar-refractivity contribution >= 4 is 16.9 Å². The summed E-state index contributed by atoms with van der Waals surface area (Å²) in [7, 11) is 2.08. The average molecular weight is 232 g/mol. The van der Waals surface area contributed by atoms with Gasteiger partial charge in [-0.1, -0.05) is 20.8 Å². The van der Waals surface area contributed by atoms with Crippen molar-refractivity contribution in [2.24, 2.45) is 5.41 Å². The molecule has 2 aromatic rings. The van der Waals surface area contributed by atoms with Gasteiger partial charge in [0.05, 0.1) is 5.39 Å². The predicted molar refractivity (Wildman–Crippen MR) is 71.2 cm³/mol. The quantitative estimate of drug-likeness (QED) is 0.885. The molecule has 0 aliphatic rings. The van der Waals surface area contributed by atoms with Gasteiger partial charge >= 0.3 is 0 Å². The van der Waals surface area contributed by atoms with E-state index >= 15 is 0 Å². The minimum atomic E-state index is 0.346. The lowest BCUT2D eigenvalue weighted by atomic mass is 9.92. The summed E-state index contributed by atoms with van der Waals surface area (Å²) in [6, 6.07) is 2.03. The van der Waals surface area contributed by atoms with E-state index in [4.69, 9.17) is 0 Å². The van der Waals surface area contributed by atoms with Gasteiger partial charge in [0.15, 0.2) is 0 Å². The van der Waals surface area contributed by atoms with Crippen LogP contribution in [0.25, 0.3) is 11.0 Å². The van der Waals surface area contributed by atoms with Gasteiger partial charge in [-0.25, -0.2) is 9.97 Å². The second-order valence-corrected chi connectivity index (χ2v) is 5.67. The van der Waals surface area contributed by atoms with E-state index < -0.39 is 0 Å². The van der Waals surface area contributed by atoms with Gasteiger partial charge in [0.1, 0.15) is 17.8 Å². The van der Waals surface area contributed by atoms with Crippen LogP contribution in [0.15, 0.2) is 18.6 Å². The summed E-state index contributed by atoms with van der Waals surface area (Å²) in [5, 5.41) is 1.09. The molecule has 0 saturated carbocycles. The largest absolute Gasteiger partial charge is 0.359 e. The van der Waals surface area contributed by atoms with Crippen LogP contribution in [0.5, 0.6) is 0 Å². The maximum atomic E-state index is 4.37. The van der Waals surface area contributed by atoms with Crippen molar-refractivity contribution in [1.29, 1.82) is 0 Å². The van der Waals surface area contributed by atoms with Gasteiger partial charge in [0.25, 0.3) is 0 Å². The second-order valence-electron chi connectivity index (χ2n) is 5.67. The molecule has 0 fully saturated rings. The van der Waals surface area contributed by atoms with Crippen molar-refractivity contribution in [1.82, 2.24) is 15.0 Å². The van der Waals surface area contributed by atoms with Crippen LogP contribution in [0, 0.1) is 5.41 Å². The molecule has 0 radical (unpaired) electrons. The summed E-state index contributed by atoms with van der Waals surface area (Å²) >= 11 is 0. The molecule has 0 unspecified atom stereocenters. The van der Waals surface area contributed by atoms with E-state index in [9.17, 15) is 0 Å². The molecule has 0 amide bonds. The molecule has 0 spiro atoms. The molecular weight excluding hydrogens is 212 g/mol. The van der Waals surface area contributed by atoms with Gasteiger partial charge < -0.3 is 9.88 Å². The molecule has 4 nitrogen and oxygen atoms in total. The molecule has 1 N–H and O–H groups in total. The van der Waals surface area contributed by atoms with Crippen molar-refractivity contribution in [3.05, 3.63) is 18.6 Å². The van der Waals surface area contributed by atoms with Gasteiger partial charge in [-0.05, 0) is 17.9 Å². The molecule has 0 bridgehead atoms. The Labute approximate surface area is 102 Å². The van der Waals surface area contributed by atoms with Gasteiger partial charge in [0.2, 0.25) is 0 Å². The van der Waals surface area contributed by atoms with Crippen molar-refractivity contribution in [2.45, 2.75) is 27.2 Å². The highest BCUT2D eigenvalue weighted by molar-refractivity contribution is 5.87. The minimum Gasteiger partial charge on any atom is -0.359 e. The van der Waals surface area contributed by atoms with Crippen molar-refractivity contribution in [2.75, 3.05) is 18.5 Å². The Kier molecular flexibility index (Phi) is 3.05. The molecule has 2 aromatic heterocycles. The van der Waals surface area contributed by atoms with E-state index in [2.05, 4.69) is 47.7 Å². The van der Waals surface area contributed by atoms with Gasteiger partial charge in [0, 0.05) is 19.8 Å². The summed E-state index contributed by atoms with van der Waals surface area (Å²) in [6.45, 7) is 7.77. The number of aromatic amines is 1. The maximum absolute atomic E-state index is 4.37. The fraction of sp³-hybridized carbons (Fsp3) is 0.538. The Hall–Kier alpha value is -1.58. The highest BCUT2D eigenvalue weighted by Crippen LogP contribution is 2.24. The van der Waals surface area contributed by atoms with Crippen LogP contribution < -0.4 is 4.90 Å². The van der Waals surface area contributed by atoms with Gasteiger partial charge in [-0.3, -0.25) is 0 Å². The van der Waals surface area contributed by atoms with Crippen LogP contribution in [0.2, 0.25) is 0 Å². The highest BCUT2D eigenvalue weighted by atomic mass is 15.2. The van der Waals surface area contributed by atoms with E-state index in [0.29, 0.717) is 5.41 Å². The fourth-order valence-corrected chi connectivity index (χ4v) is 1.77. The average Bonchev–Trinajstić information content (AvgIpc) is 2.72. The normalized spacial score (nSPS) is 12.0. The molecule has 92 valence electrons. The number of hydrogen-bond donors (Lipinski definition) is 1. The highest BCUT2D eigenvalue weighted by Gasteiger charge is 2.14. The van der Waals surface area contributed by atoms with Crippen molar-refractivity contribution < 1.29 is 0 Å². The third-order valence-electron chi connectivity index (χ3n) is 2.89. The molecule has 0 atom stereocenters. The first-order valence-electron chi connectivity index (χ1n) is 5.96. The van der Waals surface area contributed by atoms with E-state index in [-0.39, 0.29) is 0 Å². The van der Waals surface area contributed by atoms with Crippen molar-refractivity contribution in [3.63, 3.8) is 0 Å². The summed E-state index contributed by atoms with van der Waals surface area (Å²) in [5.41, 5.74) is 1.25. The third-order valence-corrected chi connectivity index (χ3v) is 2.89. The smallest absolute Gasteiger partial charge is 0.142 e. The molecule has 17 heavy (non-hydrogen) atoms. The molecule has 0 aliphatic carbocycles. The molecule has 0 aliphatic heterocycles. The Morgan fingerprint density at radius 2 is 2.06 bits per heavy atom. The number of fused-ring (bicyclic) bond motifs is 1. The molecule has 2 heterocycles. The van der Waals surface area contributed by atoms with Crippen LogP contribution in [0.1, 0.15) is 27.2 Å². The standard InChI is InChI=1S/C13H20N4/c1-13(2,3)6-8-17(4)12-10-5-7-14-11(10)15-9-16-12/h5,7,9H,6,8H2,1-4H3,(H,14,15,16). The van der Waals surface area contributed by atoms with Gasteiger partial charge in [-0.2, -0.15) is 0 Å². The van der Waals surface area contributed by atoms with Crippen LogP contribution in [-0.2, 0) is 0 Å². The molecular formula is C13H20N4. The Morgan fingerprint density at radius 3 is 2.76 bits per heavy atom. The zero-order chi connectivity index (χ0) is 12.5. The van der Waals surface area contributed by atoms with Crippen molar-refractivity contribution in [3.8, 4) is 0 Å². The number of H-pyrrole nitrogens is 1. The summed E-state index contributed by atoms with van der Waals surface area (Å²) in [6.07, 6.45) is 4.65. The van der Waals surface area contributed by atoms with Crippen LogP contribution in [-0.4, -0.2) is 28.5 Å². The predicted octanol–water partition coefficient (Wildman–Crippen LogP) is 2.83. The zero-order valence-electron chi connectivity index (χ0n) is 11.0. The van der Waals surface area contributed by atoms with E-state index in [1.54, 1.807) is 6.33 Å². The minimum absolute atomic E-state index is 0.346. The summed E-state index contributed by atoms with van der Waals surface area (Å²) in [5.74, 6) is 1.00. The summed E-state index contributed by atoms with van der Waals surface area (Å²) in [4.78, 5) is 13.9. The Bertz CT molecular complexity index is 495. The maximum Gasteiger partial charge on any atom is 0.142 e. The summed E-state index contributed by atoms with van der Waals surface area (Å²) < 4.78 is 0. The lowest BCUT2D eigenvalue weighted by molar-refractivity contribution is 0.381. The van der Waals surface area contributed by atoms with Crippen LogP contribution in [0.4, 0.5) is 5.82 Å². The lowest BCUT2D eigenvalue weighted by Gasteiger charge is -2.24. The number of nitrogens with one attached hydrogen (secondary N) is 1. The number of hydrogen-bond acceptors (Lipinski definition) is 3. The fourth-order valence-electron chi connectivity index (χ4n) is 1.77. The monoisotopic (exact) mass is 232 g/mol. The Morgan fingerprint density at radius 1 is 1.29 bits per heavy atom. The number of aromatic nitrogens is 3. The zero-order valence-corrected chi connectivity index (χ0v) is 11.0. The first-order valence-corrected chi connectivity index (χ1v) is 5.96. The second kappa shape index (κ2) is 4.35. The van der Waals surface area contributed by atoms with Crippen LogP contribution >= 0.6 is 0 Å². The number of nitrogens with zero attached hydrogens (tertiary/aromatic N) is 3. The SMILES string of the molecule is CN(CCC(C)(C)C)c1ncnc2[nH]ccc12. The molecule has 2 rings (SSSR count). The van der Waals surface area contributed by atoms with Crippen LogP contribution in [0.3, 0.4) is 0 Å². The molecule has 0 aromatic carbocycles. The first kappa shape index (κ1) is 11.9. The van der Waals surface area contributed by atoms with E-state index in [1.165, 1.54) is 0 Å². The van der Waals surface area contributed by atoms with E-state index in [1.807, 2.05) is 12.3 Å². The first-order chi connectivity index (χ1) is 7.97. The number of rotatable bonds is 3. The lowest BCUT2D eigenvalue weighted by Crippen LogP contribution is -2.24.